The summed E-state index contributed by atoms with van der Waals surface area (Å²) < 4.78 is 10.5. The Morgan fingerprint density at radius 1 is 0.955 bits per heavy atom. The number of ether oxygens (including phenoxy) is 2. The molecule has 0 saturated carbocycles. The van der Waals surface area contributed by atoms with Gasteiger partial charge in [-0.2, -0.15) is 0 Å². The van der Waals surface area contributed by atoms with Gasteiger partial charge in [0.05, 0.1) is 25.4 Å². The largest absolute Gasteiger partial charge is 0.497 e. The van der Waals surface area contributed by atoms with E-state index in [9.17, 15) is 0 Å². The van der Waals surface area contributed by atoms with Gasteiger partial charge in [-0.1, -0.05) is 11.8 Å². The average Bonchev–Trinajstić information content (AvgIpc) is 2.56. The Labute approximate surface area is 133 Å². The lowest BCUT2D eigenvalue weighted by atomic mass is 10.2. The van der Waals surface area contributed by atoms with Gasteiger partial charge in [0.25, 0.3) is 0 Å². The number of nitrogens with two attached hydrogens (primary N) is 1. The number of nitrogens with zero attached hydrogens (tertiary/aromatic N) is 1. The molecule has 0 bridgehead atoms. The van der Waals surface area contributed by atoms with Crippen molar-refractivity contribution in [2.75, 3.05) is 20.0 Å². The van der Waals surface area contributed by atoms with Gasteiger partial charge < -0.3 is 15.2 Å². The molecule has 0 fully saturated rings. The molecule has 2 N–H and O–H groups in total. The first kappa shape index (κ1) is 14.5. The highest BCUT2D eigenvalue weighted by Gasteiger charge is 2.09. The predicted octanol–water partition coefficient (Wildman–Crippen LogP) is 3.99. The maximum absolute atomic E-state index is 6.06. The van der Waals surface area contributed by atoms with Crippen molar-refractivity contribution in [2.45, 2.75) is 9.79 Å². The Hall–Kier alpha value is -2.40. The maximum atomic E-state index is 6.06. The van der Waals surface area contributed by atoms with Crippen molar-refractivity contribution in [3.05, 3.63) is 48.7 Å². The number of benzene rings is 2. The van der Waals surface area contributed by atoms with Crippen LogP contribution >= 0.6 is 11.8 Å². The fourth-order valence-corrected chi connectivity index (χ4v) is 3.13. The van der Waals surface area contributed by atoms with Gasteiger partial charge in [0, 0.05) is 27.4 Å². The molecule has 1 aromatic heterocycles. The molecule has 0 amide bonds. The zero-order chi connectivity index (χ0) is 15.5. The van der Waals surface area contributed by atoms with Crippen LogP contribution in [0.4, 0.5) is 5.69 Å². The van der Waals surface area contributed by atoms with Gasteiger partial charge in [-0.25, -0.2) is 0 Å². The summed E-state index contributed by atoms with van der Waals surface area (Å²) in [6, 6.07) is 13.7. The third-order valence-electron chi connectivity index (χ3n) is 3.33. The fraction of sp³-hybridized carbons (Fsp3) is 0.118. The highest BCUT2D eigenvalue weighted by molar-refractivity contribution is 7.99. The number of anilines is 1. The summed E-state index contributed by atoms with van der Waals surface area (Å²) in [5.74, 6) is 1.57. The van der Waals surface area contributed by atoms with Crippen molar-refractivity contribution in [3.63, 3.8) is 0 Å². The molecule has 0 saturated heterocycles. The van der Waals surface area contributed by atoms with E-state index in [1.807, 2.05) is 36.4 Å². The van der Waals surface area contributed by atoms with Crippen LogP contribution in [0.5, 0.6) is 11.5 Å². The van der Waals surface area contributed by atoms with Crippen LogP contribution in [-0.4, -0.2) is 19.2 Å². The van der Waals surface area contributed by atoms with Gasteiger partial charge in [-0.3, -0.25) is 4.98 Å². The maximum Gasteiger partial charge on any atom is 0.121 e. The van der Waals surface area contributed by atoms with Gasteiger partial charge in [0.2, 0.25) is 0 Å². The standard InChI is InChI=1S/C17H16N2O2S/c1-20-11-3-5-13(6-4-11)22-16-7-8-19-17-14(16)9-12(21-2)10-15(17)18/h3-10H,18H2,1-2H3. The molecule has 0 aliphatic rings. The first-order valence-electron chi connectivity index (χ1n) is 6.75. The molecule has 5 heteroatoms. The van der Waals surface area contributed by atoms with Crippen LogP contribution in [0.3, 0.4) is 0 Å². The van der Waals surface area contributed by atoms with Gasteiger partial charge >= 0.3 is 0 Å². The molecule has 0 aliphatic carbocycles. The Morgan fingerprint density at radius 2 is 1.68 bits per heavy atom. The minimum absolute atomic E-state index is 0.617. The molecule has 22 heavy (non-hydrogen) atoms. The topological polar surface area (TPSA) is 57.4 Å². The number of aromatic nitrogens is 1. The van der Waals surface area contributed by atoms with E-state index in [0.717, 1.165) is 32.2 Å². The summed E-state index contributed by atoms with van der Waals surface area (Å²) in [6.45, 7) is 0. The lowest BCUT2D eigenvalue weighted by Crippen LogP contribution is -1.93. The number of nitrogen functional groups attached to an aromatic ring is 1. The van der Waals surface area contributed by atoms with Crippen LogP contribution in [0.2, 0.25) is 0 Å². The SMILES string of the molecule is COc1ccc(Sc2ccnc3c(N)cc(OC)cc23)cc1. The lowest BCUT2D eigenvalue weighted by Gasteiger charge is -2.10. The number of methoxy groups -OCH3 is 2. The molecule has 4 nitrogen and oxygen atoms in total. The van der Waals surface area contributed by atoms with Crippen molar-refractivity contribution < 1.29 is 9.47 Å². The predicted molar refractivity (Wildman–Crippen MR) is 89.8 cm³/mol. The monoisotopic (exact) mass is 312 g/mol. The summed E-state index contributed by atoms with van der Waals surface area (Å²) in [6.07, 6.45) is 1.77. The molecule has 112 valence electrons. The van der Waals surface area contributed by atoms with Crippen LogP contribution in [0.15, 0.2) is 58.5 Å². The Bertz CT molecular complexity index is 804. The first-order chi connectivity index (χ1) is 10.7. The molecule has 3 aromatic rings. The van der Waals surface area contributed by atoms with Crippen molar-refractivity contribution in [1.29, 1.82) is 0 Å². The second-order valence-electron chi connectivity index (χ2n) is 4.70. The van der Waals surface area contributed by atoms with E-state index in [4.69, 9.17) is 15.2 Å². The molecule has 2 aromatic carbocycles. The molecule has 0 radical (unpaired) electrons. The Morgan fingerprint density at radius 3 is 2.36 bits per heavy atom. The second kappa shape index (κ2) is 6.15. The zero-order valence-electron chi connectivity index (χ0n) is 12.4. The molecule has 0 spiro atoms. The van der Waals surface area contributed by atoms with Gasteiger partial charge in [-0.05, 0) is 36.4 Å². The molecular formula is C17H16N2O2S. The van der Waals surface area contributed by atoms with Gasteiger partial charge in [0.15, 0.2) is 0 Å². The average molecular weight is 312 g/mol. The summed E-state index contributed by atoms with van der Waals surface area (Å²) >= 11 is 1.66. The Balaban J connectivity index is 2.04. The number of fused-ring (bicyclic) bond motifs is 1. The molecule has 1 heterocycles. The lowest BCUT2D eigenvalue weighted by molar-refractivity contribution is 0.414. The number of hydrogen-bond donors (Lipinski definition) is 1. The zero-order valence-corrected chi connectivity index (χ0v) is 13.2. The number of hydrogen-bond acceptors (Lipinski definition) is 5. The van der Waals surface area contributed by atoms with Crippen molar-refractivity contribution in [1.82, 2.24) is 4.98 Å². The van der Waals surface area contributed by atoms with Crippen molar-refractivity contribution in [3.8, 4) is 11.5 Å². The summed E-state index contributed by atoms with van der Waals surface area (Å²) in [5.41, 5.74) is 7.47. The van der Waals surface area contributed by atoms with E-state index >= 15 is 0 Å². The third-order valence-corrected chi connectivity index (χ3v) is 4.41. The van der Waals surface area contributed by atoms with E-state index in [-0.39, 0.29) is 0 Å². The van der Waals surface area contributed by atoms with E-state index in [0.29, 0.717) is 5.69 Å². The minimum atomic E-state index is 0.617. The van der Waals surface area contributed by atoms with Crippen LogP contribution in [0, 0.1) is 0 Å². The van der Waals surface area contributed by atoms with E-state index in [2.05, 4.69) is 4.98 Å². The highest BCUT2D eigenvalue weighted by Crippen LogP contribution is 2.36. The summed E-state index contributed by atoms with van der Waals surface area (Å²) in [5, 5.41) is 0.986. The molecule has 0 atom stereocenters. The first-order valence-corrected chi connectivity index (χ1v) is 7.57. The smallest absolute Gasteiger partial charge is 0.121 e. The summed E-state index contributed by atoms with van der Waals surface area (Å²) in [4.78, 5) is 6.58. The van der Waals surface area contributed by atoms with E-state index in [1.54, 1.807) is 38.2 Å². The van der Waals surface area contributed by atoms with Gasteiger partial charge in [0.1, 0.15) is 11.5 Å². The quantitative estimate of drug-likeness (QED) is 0.738. The normalized spacial score (nSPS) is 10.6. The highest BCUT2D eigenvalue weighted by atomic mass is 32.2. The second-order valence-corrected chi connectivity index (χ2v) is 5.81. The van der Waals surface area contributed by atoms with Crippen molar-refractivity contribution in [2.24, 2.45) is 0 Å². The molecule has 3 rings (SSSR count). The van der Waals surface area contributed by atoms with Crippen LogP contribution in [0.25, 0.3) is 10.9 Å². The molecule has 0 aliphatic heterocycles. The fourth-order valence-electron chi connectivity index (χ4n) is 2.21. The minimum Gasteiger partial charge on any atom is -0.497 e. The van der Waals surface area contributed by atoms with Gasteiger partial charge in [-0.15, -0.1) is 0 Å². The molecule has 0 unspecified atom stereocenters. The van der Waals surface area contributed by atoms with Crippen LogP contribution in [-0.2, 0) is 0 Å². The van der Waals surface area contributed by atoms with Crippen molar-refractivity contribution >= 4 is 28.4 Å². The Kier molecular flexibility index (Phi) is 4.06. The van der Waals surface area contributed by atoms with E-state index < -0.39 is 0 Å². The third kappa shape index (κ3) is 2.80. The van der Waals surface area contributed by atoms with Crippen LogP contribution in [0.1, 0.15) is 0 Å². The van der Waals surface area contributed by atoms with E-state index in [1.165, 1.54) is 0 Å². The number of pyridine rings is 1. The summed E-state index contributed by atoms with van der Waals surface area (Å²) in [7, 11) is 3.29. The van der Waals surface area contributed by atoms with Crippen LogP contribution < -0.4 is 15.2 Å². The number of rotatable bonds is 4. The molecular weight excluding hydrogens is 296 g/mol.